The Morgan fingerprint density at radius 2 is 1.97 bits per heavy atom. The molecule has 2 aromatic carbocycles. The number of methoxy groups -OCH3 is 1. The normalized spacial score (nSPS) is 13.8. The molecule has 10 heteroatoms. The number of nitrogens with one attached hydrogen (secondary N) is 2. The van der Waals surface area contributed by atoms with Crippen LogP contribution in [-0.4, -0.2) is 44.8 Å². The third-order valence-electron chi connectivity index (χ3n) is 4.69. The van der Waals surface area contributed by atoms with Crippen molar-refractivity contribution in [2.75, 3.05) is 25.0 Å². The molecule has 1 aliphatic rings. The Balaban J connectivity index is 1.93. The Labute approximate surface area is 183 Å². The number of halogens is 1. The Kier molecular flexibility index (Phi) is 6.89. The van der Waals surface area contributed by atoms with Gasteiger partial charge in [-0.2, -0.15) is 0 Å². The molecule has 2 aromatic rings. The van der Waals surface area contributed by atoms with Gasteiger partial charge < -0.3 is 20.3 Å². The highest BCUT2D eigenvalue weighted by Gasteiger charge is 2.29. The molecule has 0 radical (unpaired) electrons. The molecule has 1 aliphatic carbocycles. The van der Waals surface area contributed by atoms with Crippen molar-refractivity contribution in [3.63, 3.8) is 0 Å². The van der Waals surface area contributed by atoms with Gasteiger partial charge in [-0.25, -0.2) is 8.42 Å². The first-order valence-corrected chi connectivity index (χ1v) is 11.7. The maximum atomic E-state index is 12.8. The fourth-order valence-electron chi connectivity index (χ4n) is 2.98. The van der Waals surface area contributed by atoms with Gasteiger partial charge in [-0.15, -0.1) is 0 Å². The number of ether oxygens (including phenoxy) is 1. The lowest BCUT2D eigenvalue weighted by Crippen LogP contribution is -2.25. The number of carbonyl (C=O) groups excluding carboxylic acids is 1. The van der Waals surface area contributed by atoms with E-state index in [9.17, 15) is 23.4 Å². The second kappa shape index (κ2) is 9.23. The molecule has 30 heavy (non-hydrogen) atoms. The molecule has 0 aliphatic heterocycles. The van der Waals surface area contributed by atoms with Crippen LogP contribution in [0.1, 0.15) is 41.1 Å². The van der Waals surface area contributed by atoms with Crippen LogP contribution in [0.5, 0.6) is 11.5 Å². The number of phenols is 2. The van der Waals surface area contributed by atoms with Crippen molar-refractivity contribution in [3.8, 4) is 11.5 Å². The third kappa shape index (κ3) is 5.24. The molecule has 1 fully saturated rings. The second-order valence-corrected chi connectivity index (χ2v) is 9.63. The van der Waals surface area contributed by atoms with Gasteiger partial charge in [-0.3, -0.25) is 9.52 Å². The van der Waals surface area contributed by atoms with Gasteiger partial charge in [-0.1, -0.05) is 15.9 Å². The lowest BCUT2D eigenvalue weighted by Gasteiger charge is -2.15. The number of hydrogen-bond acceptors (Lipinski definition) is 6. The highest BCUT2D eigenvalue weighted by Crippen LogP contribution is 2.44. The molecule has 8 nitrogen and oxygen atoms in total. The van der Waals surface area contributed by atoms with Gasteiger partial charge in [0.2, 0.25) is 0 Å². The molecule has 162 valence electrons. The van der Waals surface area contributed by atoms with Crippen molar-refractivity contribution in [2.45, 2.75) is 30.1 Å². The Bertz CT molecular complexity index is 1050. The summed E-state index contributed by atoms with van der Waals surface area (Å²) in [5.41, 5.74) is 0.653. The van der Waals surface area contributed by atoms with Crippen LogP contribution >= 0.6 is 15.9 Å². The highest BCUT2D eigenvalue weighted by molar-refractivity contribution is 9.10. The predicted molar refractivity (Wildman–Crippen MR) is 116 cm³/mol. The van der Waals surface area contributed by atoms with E-state index in [1.807, 2.05) is 0 Å². The zero-order valence-electron chi connectivity index (χ0n) is 16.3. The molecule has 0 unspecified atom stereocenters. The monoisotopic (exact) mass is 498 g/mol. The third-order valence-corrected chi connectivity index (χ3v) is 6.58. The number of anilines is 1. The molecule has 0 heterocycles. The van der Waals surface area contributed by atoms with Crippen molar-refractivity contribution >= 4 is 37.5 Å². The smallest absolute Gasteiger partial charge is 0.265 e. The zero-order chi connectivity index (χ0) is 21.9. The van der Waals surface area contributed by atoms with E-state index in [1.165, 1.54) is 24.3 Å². The quantitative estimate of drug-likeness (QED) is 0.310. The summed E-state index contributed by atoms with van der Waals surface area (Å²) in [6.45, 7) is 0.836. The largest absolute Gasteiger partial charge is 0.507 e. The van der Waals surface area contributed by atoms with Crippen molar-refractivity contribution in [1.29, 1.82) is 0 Å². The molecule has 4 N–H and O–H groups in total. The van der Waals surface area contributed by atoms with E-state index >= 15 is 0 Å². The molecule has 1 saturated carbocycles. The van der Waals surface area contributed by atoms with Crippen molar-refractivity contribution < 1.29 is 28.2 Å². The zero-order valence-corrected chi connectivity index (χ0v) is 18.7. The molecule has 0 aromatic heterocycles. The van der Waals surface area contributed by atoms with Crippen molar-refractivity contribution in [1.82, 2.24) is 5.32 Å². The van der Waals surface area contributed by atoms with Gasteiger partial charge in [0.25, 0.3) is 15.9 Å². The van der Waals surface area contributed by atoms with E-state index in [0.717, 1.165) is 18.4 Å². The second-order valence-electron chi connectivity index (χ2n) is 7.06. The van der Waals surface area contributed by atoms with Crippen LogP contribution in [0.4, 0.5) is 5.69 Å². The Morgan fingerprint density at radius 3 is 2.63 bits per heavy atom. The summed E-state index contributed by atoms with van der Waals surface area (Å²) in [5.74, 6) is -1.19. The minimum atomic E-state index is -4.22. The standard InChI is InChI=1S/C20H23BrN2O6S/c1-29-8-2-7-22-20(26)15-9-13(12-3-4-12)10-16(19(15)25)23-30(27,28)18-11-14(21)5-6-17(18)24/h5-6,9-12,23-25H,2-4,7-8H2,1H3,(H,22,26). The maximum Gasteiger partial charge on any atom is 0.265 e. The molecule has 0 spiro atoms. The van der Waals surface area contributed by atoms with Crippen LogP contribution in [0.15, 0.2) is 39.7 Å². The predicted octanol–water partition coefficient (Wildman–Crippen LogP) is 3.30. The summed E-state index contributed by atoms with van der Waals surface area (Å²) in [7, 11) is -2.65. The first kappa shape index (κ1) is 22.4. The number of benzene rings is 2. The lowest BCUT2D eigenvalue weighted by molar-refractivity contribution is 0.0946. The van der Waals surface area contributed by atoms with Crippen LogP contribution < -0.4 is 10.0 Å². The van der Waals surface area contributed by atoms with Gasteiger partial charge in [-0.05, 0) is 61.1 Å². The maximum absolute atomic E-state index is 12.8. The topological polar surface area (TPSA) is 125 Å². The van der Waals surface area contributed by atoms with E-state index in [0.29, 0.717) is 24.0 Å². The Morgan fingerprint density at radius 1 is 1.23 bits per heavy atom. The Hall–Kier alpha value is -2.30. The summed E-state index contributed by atoms with van der Waals surface area (Å²) in [6.07, 6.45) is 2.46. The first-order valence-electron chi connectivity index (χ1n) is 9.38. The number of amides is 1. The average molecular weight is 499 g/mol. The van der Waals surface area contributed by atoms with Crippen molar-refractivity contribution in [2.24, 2.45) is 0 Å². The summed E-state index contributed by atoms with van der Waals surface area (Å²) in [6, 6.07) is 7.13. The SMILES string of the molecule is COCCCNC(=O)c1cc(C2CC2)cc(NS(=O)(=O)c2cc(Br)ccc2O)c1O. The molecular weight excluding hydrogens is 476 g/mol. The number of sulfonamides is 1. The molecule has 0 saturated heterocycles. The molecule has 3 rings (SSSR count). The van der Waals surface area contributed by atoms with Gasteiger partial charge in [0, 0.05) is 24.7 Å². The van der Waals surface area contributed by atoms with Crippen molar-refractivity contribution in [3.05, 3.63) is 45.9 Å². The minimum Gasteiger partial charge on any atom is -0.507 e. The van der Waals surface area contributed by atoms with Gasteiger partial charge in [0.05, 0.1) is 11.3 Å². The molecule has 1 amide bonds. The van der Waals surface area contributed by atoms with Gasteiger partial charge in [0.1, 0.15) is 10.6 Å². The molecule has 0 atom stereocenters. The number of hydrogen-bond donors (Lipinski definition) is 4. The van der Waals surface area contributed by atoms with Crippen LogP contribution in [-0.2, 0) is 14.8 Å². The van der Waals surface area contributed by atoms with E-state index in [-0.39, 0.29) is 22.1 Å². The summed E-state index contributed by atoms with van der Waals surface area (Å²) < 4.78 is 33.4. The van der Waals surface area contributed by atoms with Crippen LogP contribution in [0.25, 0.3) is 0 Å². The van der Waals surface area contributed by atoms with Crippen LogP contribution in [0, 0.1) is 0 Å². The average Bonchev–Trinajstić information content (AvgIpc) is 3.53. The van der Waals surface area contributed by atoms with E-state index in [4.69, 9.17) is 4.74 Å². The first-order chi connectivity index (χ1) is 14.2. The number of aromatic hydroxyl groups is 2. The van der Waals surface area contributed by atoms with Crippen LogP contribution in [0.3, 0.4) is 0 Å². The molecular formula is C20H23BrN2O6S. The number of carbonyl (C=O) groups is 1. The van der Waals surface area contributed by atoms with Gasteiger partial charge in [0.15, 0.2) is 5.75 Å². The van der Waals surface area contributed by atoms with E-state index in [1.54, 1.807) is 13.2 Å². The fourth-order valence-corrected chi connectivity index (χ4v) is 4.67. The van der Waals surface area contributed by atoms with E-state index in [2.05, 4.69) is 26.0 Å². The fraction of sp³-hybridized carbons (Fsp3) is 0.350. The lowest BCUT2D eigenvalue weighted by atomic mass is 10.0. The van der Waals surface area contributed by atoms with Gasteiger partial charge >= 0.3 is 0 Å². The highest BCUT2D eigenvalue weighted by atomic mass is 79.9. The summed E-state index contributed by atoms with van der Waals surface area (Å²) in [4.78, 5) is 12.2. The summed E-state index contributed by atoms with van der Waals surface area (Å²) in [5, 5.41) is 23.3. The number of phenolic OH excluding ortho intramolecular Hbond substituents is 2. The summed E-state index contributed by atoms with van der Waals surface area (Å²) >= 11 is 3.18. The molecule has 0 bridgehead atoms. The minimum absolute atomic E-state index is 0.00650. The van der Waals surface area contributed by atoms with Crippen LogP contribution in [0.2, 0.25) is 0 Å². The number of rotatable bonds is 9. The van der Waals surface area contributed by atoms with E-state index < -0.39 is 27.4 Å².